The molecule has 2 aliphatic rings. The van der Waals surface area contributed by atoms with Gasteiger partial charge in [-0.3, -0.25) is 0 Å². The summed E-state index contributed by atoms with van der Waals surface area (Å²) in [5.41, 5.74) is 1.70. The van der Waals surface area contributed by atoms with Crippen molar-refractivity contribution >= 4 is 5.69 Å². The number of rotatable bonds is 6. The summed E-state index contributed by atoms with van der Waals surface area (Å²) in [7, 11) is 3.36. The fourth-order valence-electron chi connectivity index (χ4n) is 2.98. The molecule has 2 fully saturated rings. The first-order valence-corrected chi connectivity index (χ1v) is 7.54. The second kappa shape index (κ2) is 6.30. The lowest BCUT2D eigenvalue weighted by molar-refractivity contribution is -0.00461. The minimum Gasteiger partial charge on any atom is -0.377 e. The van der Waals surface area contributed by atoms with Crippen LogP contribution in [0.4, 0.5) is 10.1 Å². The minimum atomic E-state index is -0.170. The number of hydrogen-bond acceptors (Lipinski definition) is 4. The molecule has 1 aliphatic heterocycles. The van der Waals surface area contributed by atoms with Crippen LogP contribution in [0.15, 0.2) is 18.2 Å². The third kappa shape index (κ3) is 3.20. The fourth-order valence-corrected chi connectivity index (χ4v) is 2.98. The maximum atomic E-state index is 14.4. The van der Waals surface area contributed by atoms with Crippen LogP contribution in [0.25, 0.3) is 0 Å². The Balaban J connectivity index is 1.79. The molecule has 1 aliphatic carbocycles. The van der Waals surface area contributed by atoms with Crippen molar-refractivity contribution in [3.05, 3.63) is 29.6 Å². The molecule has 5 heteroatoms. The van der Waals surface area contributed by atoms with Gasteiger partial charge in [0.25, 0.3) is 0 Å². The number of halogens is 1. The molecule has 116 valence electrons. The Bertz CT molecular complexity index is 481. The van der Waals surface area contributed by atoms with E-state index < -0.39 is 0 Å². The number of methoxy groups -OCH3 is 2. The van der Waals surface area contributed by atoms with Gasteiger partial charge in [0.2, 0.25) is 0 Å². The van der Waals surface area contributed by atoms with Gasteiger partial charge in [0, 0.05) is 39.9 Å². The molecule has 1 N–H and O–H groups in total. The Morgan fingerprint density at radius 2 is 1.86 bits per heavy atom. The van der Waals surface area contributed by atoms with Crippen molar-refractivity contribution < 1.29 is 13.9 Å². The van der Waals surface area contributed by atoms with Gasteiger partial charge in [-0.1, -0.05) is 12.1 Å². The molecular formula is C16H23FN2O2. The smallest absolute Gasteiger partial charge is 0.146 e. The van der Waals surface area contributed by atoms with Crippen LogP contribution in [-0.2, 0) is 16.0 Å². The molecule has 0 aromatic heterocycles. The van der Waals surface area contributed by atoms with Gasteiger partial charge in [-0.15, -0.1) is 0 Å². The summed E-state index contributed by atoms with van der Waals surface area (Å²) in [4.78, 5) is 2.04. The third-order valence-corrected chi connectivity index (χ3v) is 4.37. The van der Waals surface area contributed by atoms with Crippen LogP contribution in [0, 0.1) is 5.82 Å². The highest BCUT2D eigenvalue weighted by Gasteiger charge is 2.35. The molecule has 21 heavy (non-hydrogen) atoms. The van der Waals surface area contributed by atoms with Crippen LogP contribution < -0.4 is 10.2 Å². The molecule has 3 rings (SSSR count). The largest absolute Gasteiger partial charge is 0.377 e. The Hall–Kier alpha value is -1.17. The fraction of sp³-hybridized carbons (Fsp3) is 0.625. The Morgan fingerprint density at radius 1 is 1.19 bits per heavy atom. The monoisotopic (exact) mass is 294 g/mol. The van der Waals surface area contributed by atoms with E-state index in [1.807, 2.05) is 11.0 Å². The first kappa shape index (κ1) is 14.8. The van der Waals surface area contributed by atoms with Gasteiger partial charge >= 0.3 is 0 Å². The van der Waals surface area contributed by atoms with Crippen LogP contribution in [0.1, 0.15) is 18.4 Å². The Kier molecular flexibility index (Phi) is 4.42. The lowest BCUT2D eigenvalue weighted by atomic mass is 10.1. The summed E-state index contributed by atoms with van der Waals surface area (Å²) in [5, 5.41) is 3.46. The molecule has 0 amide bonds. The summed E-state index contributed by atoms with van der Waals surface area (Å²) < 4.78 is 25.3. The van der Waals surface area contributed by atoms with E-state index in [4.69, 9.17) is 9.47 Å². The van der Waals surface area contributed by atoms with Gasteiger partial charge in [0.05, 0.1) is 5.69 Å². The minimum absolute atomic E-state index is 0.0150. The van der Waals surface area contributed by atoms with E-state index in [2.05, 4.69) is 5.32 Å². The highest BCUT2D eigenvalue weighted by atomic mass is 19.1. The first-order valence-electron chi connectivity index (χ1n) is 7.54. The number of anilines is 1. The topological polar surface area (TPSA) is 33.7 Å². The standard InChI is InChI=1S/C16H23FN2O2/c1-20-14-9-19(10-15(14)21-2)16-11(4-3-5-13(16)17)8-18-12-6-7-12/h3-5,12,14-15,18H,6-10H2,1-2H3. The zero-order valence-corrected chi connectivity index (χ0v) is 12.6. The second-order valence-electron chi connectivity index (χ2n) is 5.86. The summed E-state index contributed by atoms with van der Waals surface area (Å²) in [5.74, 6) is -0.170. The van der Waals surface area contributed by atoms with Crippen molar-refractivity contribution in [3.8, 4) is 0 Å². The predicted octanol–water partition coefficient (Wildman–Crippen LogP) is 1.93. The maximum Gasteiger partial charge on any atom is 0.146 e. The van der Waals surface area contributed by atoms with E-state index in [-0.39, 0.29) is 18.0 Å². The van der Waals surface area contributed by atoms with Gasteiger partial charge in [0.1, 0.15) is 18.0 Å². The van der Waals surface area contributed by atoms with Crippen LogP contribution in [0.2, 0.25) is 0 Å². The van der Waals surface area contributed by atoms with Crippen LogP contribution in [0.3, 0.4) is 0 Å². The second-order valence-corrected chi connectivity index (χ2v) is 5.86. The van der Waals surface area contributed by atoms with Crippen LogP contribution in [0.5, 0.6) is 0 Å². The molecule has 2 atom stereocenters. The SMILES string of the molecule is COC1CN(c2c(F)cccc2CNC2CC2)CC1OC. The van der Waals surface area contributed by atoms with Gasteiger partial charge in [-0.25, -0.2) is 4.39 Å². The number of ether oxygens (including phenoxy) is 2. The zero-order valence-electron chi connectivity index (χ0n) is 12.6. The highest BCUT2D eigenvalue weighted by Crippen LogP contribution is 2.30. The number of hydrogen-bond donors (Lipinski definition) is 1. The summed E-state index contributed by atoms with van der Waals surface area (Å²) in [6, 6.07) is 5.91. The van der Waals surface area contributed by atoms with Gasteiger partial charge in [0.15, 0.2) is 0 Å². The number of benzene rings is 1. The van der Waals surface area contributed by atoms with Crippen LogP contribution in [-0.4, -0.2) is 45.6 Å². The quantitative estimate of drug-likeness (QED) is 0.869. The van der Waals surface area contributed by atoms with Gasteiger partial charge in [-0.05, 0) is 24.5 Å². The molecule has 0 bridgehead atoms. The molecule has 1 saturated heterocycles. The molecule has 1 saturated carbocycles. The average molecular weight is 294 g/mol. The molecule has 1 heterocycles. The molecular weight excluding hydrogens is 271 g/mol. The maximum absolute atomic E-state index is 14.4. The van der Waals surface area contributed by atoms with E-state index in [1.165, 1.54) is 18.9 Å². The Labute approximate surface area is 125 Å². The van der Waals surface area contributed by atoms with Crippen molar-refractivity contribution in [2.45, 2.75) is 37.6 Å². The van der Waals surface area contributed by atoms with Crippen molar-refractivity contribution in [3.63, 3.8) is 0 Å². The van der Waals surface area contributed by atoms with Crippen molar-refractivity contribution in [2.24, 2.45) is 0 Å². The van der Waals surface area contributed by atoms with Gasteiger partial charge in [-0.2, -0.15) is 0 Å². The van der Waals surface area contributed by atoms with Crippen LogP contribution >= 0.6 is 0 Å². The van der Waals surface area contributed by atoms with E-state index >= 15 is 0 Å². The summed E-state index contributed by atoms with van der Waals surface area (Å²) in [6.07, 6.45) is 2.43. The van der Waals surface area contributed by atoms with Crippen molar-refractivity contribution in [1.29, 1.82) is 0 Å². The molecule has 4 nitrogen and oxygen atoms in total. The average Bonchev–Trinajstić information content (AvgIpc) is 3.23. The van der Waals surface area contributed by atoms with E-state index in [0.717, 1.165) is 5.56 Å². The predicted molar refractivity (Wildman–Crippen MR) is 80.1 cm³/mol. The lowest BCUT2D eigenvalue weighted by Crippen LogP contribution is -2.27. The third-order valence-electron chi connectivity index (χ3n) is 4.37. The van der Waals surface area contributed by atoms with Crippen molar-refractivity contribution in [2.75, 3.05) is 32.2 Å². The molecule has 2 unspecified atom stereocenters. The number of para-hydroxylation sites is 1. The lowest BCUT2D eigenvalue weighted by Gasteiger charge is -2.22. The molecule has 0 radical (unpaired) electrons. The first-order chi connectivity index (χ1) is 10.2. The highest BCUT2D eigenvalue weighted by molar-refractivity contribution is 5.56. The molecule has 1 aromatic rings. The normalized spacial score (nSPS) is 25.6. The zero-order chi connectivity index (χ0) is 14.8. The molecule has 1 aromatic carbocycles. The van der Waals surface area contributed by atoms with Gasteiger partial charge < -0.3 is 19.7 Å². The summed E-state index contributed by atoms with van der Waals surface area (Å²) in [6.45, 7) is 2.03. The Morgan fingerprint density at radius 3 is 2.43 bits per heavy atom. The van der Waals surface area contributed by atoms with E-state index in [0.29, 0.717) is 31.4 Å². The molecule has 0 spiro atoms. The number of nitrogens with one attached hydrogen (secondary N) is 1. The number of nitrogens with zero attached hydrogens (tertiary/aromatic N) is 1. The van der Waals surface area contributed by atoms with Crippen molar-refractivity contribution in [1.82, 2.24) is 5.32 Å². The van der Waals surface area contributed by atoms with E-state index in [9.17, 15) is 4.39 Å². The summed E-state index contributed by atoms with van der Waals surface area (Å²) >= 11 is 0. The van der Waals surface area contributed by atoms with E-state index in [1.54, 1.807) is 20.3 Å².